The highest BCUT2D eigenvalue weighted by atomic mass is 35.5. The van der Waals surface area contributed by atoms with Gasteiger partial charge < -0.3 is 4.74 Å². The van der Waals surface area contributed by atoms with Crippen molar-refractivity contribution in [1.29, 1.82) is 0 Å². The van der Waals surface area contributed by atoms with E-state index >= 15 is 0 Å². The molecule has 0 aliphatic rings. The molecule has 0 spiro atoms. The summed E-state index contributed by atoms with van der Waals surface area (Å²) in [6, 6.07) is 7.25. The fraction of sp³-hybridized carbons (Fsp3) is 0.182. The number of ether oxygens (including phenoxy) is 1. The molecule has 74 valence electrons. The van der Waals surface area contributed by atoms with Gasteiger partial charge in [0.15, 0.2) is 0 Å². The number of hydrogen-bond donors (Lipinski definition) is 0. The summed E-state index contributed by atoms with van der Waals surface area (Å²) in [6.07, 6.45) is 3.05. The molecule has 0 aromatic heterocycles. The highest BCUT2D eigenvalue weighted by Gasteiger charge is 1.94. The number of hydrogen-bond acceptors (Lipinski definition) is 2. The third kappa shape index (κ3) is 3.62. The van der Waals surface area contributed by atoms with Crippen LogP contribution in [0.2, 0.25) is 5.02 Å². The molecular formula is C11H11ClO2. The van der Waals surface area contributed by atoms with E-state index in [4.69, 9.17) is 16.3 Å². The number of benzene rings is 1. The Morgan fingerprint density at radius 3 is 3.00 bits per heavy atom. The minimum atomic E-state index is -0.340. The first kappa shape index (κ1) is 10.8. The van der Waals surface area contributed by atoms with E-state index in [9.17, 15) is 4.79 Å². The van der Waals surface area contributed by atoms with Crippen molar-refractivity contribution in [2.45, 2.75) is 6.92 Å². The Labute approximate surface area is 88.1 Å². The average molecular weight is 211 g/mol. The van der Waals surface area contributed by atoms with Crippen LogP contribution in [0, 0.1) is 0 Å². The molecule has 0 amide bonds. The van der Waals surface area contributed by atoms with Crippen LogP contribution in [0.3, 0.4) is 0 Å². The van der Waals surface area contributed by atoms with Crippen molar-refractivity contribution in [2.75, 3.05) is 6.61 Å². The minimum Gasteiger partial charge on any atom is -0.463 e. The zero-order valence-corrected chi connectivity index (χ0v) is 8.62. The number of esters is 1. The van der Waals surface area contributed by atoms with Crippen molar-refractivity contribution in [3.05, 3.63) is 40.9 Å². The molecular weight excluding hydrogens is 200 g/mol. The van der Waals surface area contributed by atoms with Gasteiger partial charge in [0.05, 0.1) is 6.61 Å². The summed E-state index contributed by atoms with van der Waals surface area (Å²) in [7, 11) is 0. The van der Waals surface area contributed by atoms with Gasteiger partial charge in [-0.3, -0.25) is 0 Å². The molecule has 0 heterocycles. The van der Waals surface area contributed by atoms with Crippen molar-refractivity contribution < 1.29 is 9.53 Å². The van der Waals surface area contributed by atoms with Gasteiger partial charge >= 0.3 is 5.97 Å². The van der Waals surface area contributed by atoms with Gasteiger partial charge in [-0.1, -0.05) is 23.7 Å². The lowest BCUT2D eigenvalue weighted by atomic mass is 10.2. The lowest BCUT2D eigenvalue weighted by Crippen LogP contribution is -1.98. The molecule has 1 rings (SSSR count). The first-order valence-electron chi connectivity index (χ1n) is 4.33. The topological polar surface area (TPSA) is 26.3 Å². The van der Waals surface area contributed by atoms with Crippen molar-refractivity contribution in [2.24, 2.45) is 0 Å². The predicted molar refractivity (Wildman–Crippen MR) is 57.1 cm³/mol. The Hall–Kier alpha value is -1.28. The zero-order chi connectivity index (χ0) is 10.4. The minimum absolute atomic E-state index is 0.340. The van der Waals surface area contributed by atoms with Crippen LogP contribution >= 0.6 is 11.6 Å². The lowest BCUT2D eigenvalue weighted by molar-refractivity contribution is -0.137. The van der Waals surface area contributed by atoms with Crippen molar-refractivity contribution >= 4 is 23.6 Å². The Kier molecular flexibility index (Phi) is 4.20. The van der Waals surface area contributed by atoms with Crippen LogP contribution < -0.4 is 0 Å². The maximum Gasteiger partial charge on any atom is 0.330 e. The number of halogens is 1. The maximum absolute atomic E-state index is 11.0. The van der Waals surface area contributed by atoms with Gasteiger partial charge in [-0.05, 0) is 30.7 Å². The largest absolute Gasteiger partial charge is 0.463 e. The van der Waals surface area contributed by atoms with Crippen LogP contribution in [0.4, 0.5) is 0 Å². The van der Waals surface area contributed by atoms with Crippen LogP contribution in [0.1, 0.15) is 12.5 Å². The normalized spacial score (nSPS) is 10.4. The van der Waals surface area contributed by atoms with E-state index in [-0.39, 0.29) is 5.97 Å². The first-order valence-corrected chi connectivity index (χ1v) is 4.70. The Morgan fingerprint density at radius 2 is 2.36 bits per heavy atom. The van der Waals surface area contributed by atoms with E-state index in [0.29, 0.717) is 11.6 Å². The van der Waals surface area contributed by atoms with E-state index in [0.717, 1.165) is 5.56 Å². The number of rotatable bonds is 3. The van der Waals surface area contributed by atoms with Gasteiger partial charge in [0.25, 0.3) is 0 Å². The Balaban J connectivity index is 2.64. The van der Waals surface area contributed by atoms with E-state index in [2.05, 4.69) is 0 Å². The molecule has 0 saturated carbocycles. The van der Waals surface area contributed by atoms with E-state index < -0.39 is 0 Å². The standard InChI is InChI=1S/C11H11ClO2/c1-2-14-11(13)7-6-9-4-3-5-10(12)8-9/h3-8H,2H2,1H3/b7-6+. The van der Waals surface area contributed by atoms with Gasteiger partial charge in [0, 0.05) is 11.1 Å². The summed E-state index contributed by atoms with van der Waals surface area (Å²) in [4.78, 5) is 11.0. The molecule has 14 heavy (non-hydrogen) atoms. The molecule has 0 bridgehead atoms. The average Bonchev–Trinajstić information content (AvgIpc) is 2.15. The molecule has 0 saturated heterocycles. The molecule has 0 unspecified atom stereocenters. The Bertz CT molecular complexity index is 345. The van der Waals surface area contributed by atoms with Gasteiger partial charge in [0.2, 0.25) is 0 Å². The van der Waals surface area contributed by atoms with Gasteiger partial charge in [0.1, 0.15) is 0 Å². The first-order chi connectivity index (χ1) is 6.72. The van der Waals surface area contributed by atoms with Gasteiger partial charge in [-0.25, -0.2) is 4.79 Å². The Morgan fingerprint density at radius 1 is 1.57 bits per heavy atom. The monoisotopic (exact) mass is 210 g/mol. The second-order valence-electron chi connectivity index (χ2n) is 2.64. The van der Waals surface area contributed by atoms with Gasteiger partial charge in [-0.2, -0.15) is 0 Å². The van der Waals surface area contributed by atoms with Crippen LogP contribution in [-0.2, 0) is 9.53 Å². The quantitative estimate of drug-likeness (QED) is 0.567. The number of carbonyl (C=O) groups is 1. The van der Waals surface area contributed by atoms with Crippen LogP contribution in [0.5, 0.6) is 0 Å². The molecule has 2 nitrogen and oxygen atoms in total. The molecule has 0 aliphatic carbocycles. The third-order valence-electron chi connectivity index (χ3n) is 1.55. The zero-order valence-electron chi connectivity index (χ0n) is 7.87. The van der Waals surface area contributed by atoms with Crippen LogP contribution in [-0.4, -0.2) is 12.6 Å². The summed E-state index contributed by atoms with van der Waals surface area (Å²) in [5, 5.41) is 0.649. The molecule has 0 aliphatic heterocycles. The molecule has 0 N–H and O–H groups in total. The molecule has 1 aromatic rings. The predicted octanol–water partition coefficient (Wildman–Crippen LogP) is 2.92. The fourth-order valence-corrected chi connectivity index (χ4v) is 1.16. The molecule has 0 atom stereocenters. The molecule has 0 fully saturated rings. The third-order valence-corrected chi connectivity index (χ3v) is 1.78. The second-order valence-corrected chi connectivity index (χ2v) is 3.08. The van der Waals surface area contributed by atoms with Crippen LogP contribution in [0.25, 0.3) is 6.08 Å². The SMILES string of the molecule is CCOC(=O)/C=C/c1cccc(Cl)c1. The van der Waals surface area contributed by atoms with E-state index in [1.807, 2.05) is 12.1 Å². The van der Waals surface area contributed by atoms with Crippen molar-refractivity contribution in [1.82, 2.24) is 0 Å². The fourth-order valence-electron chi connectivity index (χ4n) is 0.965. The van der Waals surface area contributed by atoms with E-state index in [1.54, 1.807) is 25.1 Å². The highest BCUT2D eigenvalue weighted by molar-refractivity contribution is 6.30. The maximum atomic E-state index is 11.0. The highest BCUT2D eigenvalue weighted by Crippen LogP contribution is 2.11. The summed E-state index contributed by atoms with van der Waals surface area (Å²) in [5.41, 5.74) is 0.880. The summed E-state index contributed by atoms with van der Waals surface area (Å²) in [6.45, 7) is 2.16. The van der Waals surface area contributed by atoms with Gasteiger partial charge in [-0.15, -0.1) is 0 Å². The number of carbonyl (C=O) groups excluding carboxylic acids is 1. The second kappa shape index (κ2) is 5.45. The molecule has 0 radical (unpaired) electrons. The van der Waals surface area contributed by atoms with E-state index in [1.165, 1.54) is 6.08 Å². The van der Waals surface area contributed by atoms with Crippen molar-refractivity contribution in [3.63, 3.8) is 0 Å². The smallest absolute Gasteiger partial charge is 0.330 e. The summed E-state index contributed by atoms with van der Waals surface area (Å²) in [5.74, 6) is -0.340. The lowest BCUT2D eigenvalue weighted by Gasteiger charge is -1.95. The molecule has 3 heteroatoms. The van der Waals surface area contributed by atoms with Crippen LogP contribution in [0.15, 0.2) is 30.3 Å². The summed E-state index contributed by atoms with van der Waals surface area (Å²) >= 11 is 5.77. The summed E-state index contributed by atoms with van der Waals surface area (Å²) < 4.78 is 4.74. The van der Waals surface area contributed by atoms with Crippen molar-refractivity contribution in [3.8, 4) is 0 Å². The molecule has 1 aromatic carbocycles.